The van der Waals surface area contributed by atoms with Crippen LogP contribution in [0.5, 0.6) is 11.5 Å². The van der Waals surface area contributed by atoms with Gasteiger partial charge in [0, 0.05) is 17.3 Å². The summed E-state index contributed by atoms with van der Waals surface area (Å²) in [6.45, 7) is 1.58. The van der Waals surface area contributed by atoms with Crippen molar-refractivity contribution in [1.82, 2.24) is 5.43 Å². The summed E-state index contributed by atoms with van der Waals surface area (Å²) in [4.78, 5) is 24.2. The van der Waals surface area contributed by atoms with Gasteiger partial charge in [0.05, 0.1) is 26.3 Å². The minimum atomic E-state index is -0.527. The van der Waals surface area contributed by atoms with Crippen molar-refractivity contribution in [2.24, 2.45) is 5.10 Å². The second-order valence-electron chi connectivity index (χ2n) is 5.59. The lowest BCUT2D eigenvalue weighted by atomic mass is 10.2. The van der Waals surface area contributed by atoms with Crippen LogP contribution in [0.3, 0.4) is 0 Å². The maximum absolute atomic E-state index is 13.5. The number of rotatable bonds is 7. The molecule has 0 heterocycles. The van der Waals surface area contributed by atoms with E-state index in [1.165, 1.54) is 44.6 Å². The summed E-state index contributed by atoms with van der Waals surface area (Å²) < 4.78 is 23.8. The van der Waals surface area contributed by atoms with E-state index in [1.54, 1.807) is 19.1 Å². The highest BCUT2D eigenvalue weighted by Crippen LogP contribution is 2.22. The zero-order valence-electron chi connectivity index (χ0n) is 15.2. The Hall–Kier alpha value is -3.42. The molecule has 2 rings (SSSR count). The molecule has 2 aromatic rings. The minimum Gasteiger partial charge on any atom is -0.497 e. The third-order valence-corrected chi connectivity index (χ3v) is 3.53. The van der Waals surface area contributed by atoms with Crippen LogP contribution in [0.2, 0.25) is 0 Å². The van der Waals surface area contributed by atoms with Crippen LogP contribution in [0, 0.1) is 5.82 Å². The van der Waals surface area contributed by atoms with Crippen LogP contribution >= 0.6 is 0 Å². The van der Waals surface area contributed by atoms with E-state index in [2.05, 4.69) is 15.8 Å². The Labute approximate surface area is 156 Å². The molecular formula is C19H20FN3O4. The molecule has 27 heavy (non-hydrogen) atoms. The van der Waals surface area contributed by atoms with Gasteiger partial charge in [-0.1, -0.05) is 12.1 Å². The van der Waals surface area contributed by atoms with E-state index in [9.17, 15) is 14.0 Å². The van der Waals surface area contributed by atoms with Gasteiger partial charge in [-0.25, -0.2) is 9.82 Å². The topological polar surface area (TPSA) is 89.0 Å². The fourth-order valence-corrected chi connectivity index (χ4v) is 2.18. The van der Waals surface area contributed by atoms with Crippen molar-refractivity contribution < 1.29 is 23.5 Å². The van der Waals surface area contributed by atoms with Gasteiger partial charge in [0.25, 0.3) is 5.91 Å². The normalized spacial score (nSPS) is 10.9. The smallest absolute Gasteiger partial charge is 0.271 e. The van der Waals surface area contributed by atoms with Gasteiger partial charge in [-0.2, -0.15) is 5.10 Å². The van der Waals surface area contributed by atoms with Gasteiger partial charge in [0.15, 0.2) is 0 Å². The molecule has 0 saturated carbocycles. The van der Waals surface area contributed by atoms with Crippen molar-refractivity contribution >= 4 is 23.2 Å². The zero-order valence-corrected chi connectivity index (χ0v) is 15.2. The van der Waals surface area contributed by atoms with Crippen LogP contribution < -0.4 is 20.2 Å². The second kappa shape index (κ2) is 9.33. The van der Waals surface area contributed by atoms with Crippen molar-refractivity contribution in [1.29, 1.82) is 0 Å². The highest BCUT2D eigenvalue weighted by molar-refractivity contribution is 6.06. The molecular weight excluding hydrogens is 353 g/mol. The quantitative estimate of drug-likeness (QED) is 0.577. The lowest BCUT2D eigenvalue weighted by Crippen LogP contribution is -2.21. The first-order chi connectivity index (χ1) is 12.9. The fourth-order valence-electron chi connectivity index (χ4n) is 2.18. The summed E-state index contributed by atoms with van der Waals surface area (Å²) in [5, 5.41) is 6.35. The predicted octanol–water partition coefficient (Wildman–Crippen LogP) is 2.98. The van der Waals surface area contributed by atoms with E-state index < -0.39 is 17.6 Å². The molecule has 8 heteroatoms. The van der Waals surface area contributed by atoms with Crippen LogP contribution in [0.1, 0.15) is 23.7 Å². The Balaban J connectivity index is 1.97. The first kappa shape index (κ1) is 19.9. The molecule has 7 nitrogen and oxygen atoms in total. The van der Waals surface area contributed by atoms with Crippen molar-refractivity contribution in [3.63, 3.8) is 0 Å². The number of nitrogens with zero attached hydrogens (tertiary/aromatic N) is 1. The van der Waals surface area contributed by atoms with Gasteiger partial charge in [0.2, 0.25) is 5.91 Å². The second-order valence-corrected chi connectivity index (χ2v) is 5.59. The summed E-state index contributed by atoms with van der Waals surface area (Å²) in [7, 11) is 2.96. The van der Waals surface area contributed by atoms with E-state index in [0.717, 1.165) is 0 Å². The Kier molecular flexibility index (Phi) is 6.87. The van der Waals surface area contributed by atoms with Crippen LogP contribution in [0.15, 0.2) is 47.6 Å². The zero-order chi connectivity index (χ0) is 19.8. The van der Waals surface area contributed by atoms with Gasteiger partial charge in [0.1, 0.15) is 17.3 Å². The molecule has 142 valence electrons. The molecule has 0 atom stereocenters. The highest BCUT2D eigenvalue weighted by Gasteiger charge is 2.11. The molecule has 0 unspecified atom stereocenters. The lowest BCUT2D eigenvalue weighted by molar-refractivity contribution is -0.115. The highest BCUT2D eigenvalue weighted by atomic mass is 19.1. The van der Waals surface area contributed by atoms with E-state index in [1.807, 2.05) is 0 Å². The molecule has 2 amide bonds. The lowest BCUT2D eigenvalue weighted by Gasteiger charge is -2.08. The Morgan fingerprint density at radius 1 is 1.07 bits per heavy atom. The molecule has 0 fully saturated rings. The van der Waals surface area contributed by atoms with Crippen molar-refractivity contribution in [2.75, 3.05) is 19.5 Å². The fraction of sp³-hybridized carbons (Fsp3) is 0.211. The number of hydrogen-bond acceptors (Lipinski definition) is 5. The standard InChI is InChI=1S/C19H20FN3O4/c1-12(8-18(24)21-17-7-5-4-6-16(17)20)22-23-19(25)13-9-14(26-2)11-15(10-13)27-3/h4-7,9-11H,8H2,1-3H3,(H,21,24)(H,23,25). The molecule has 0 aliphatic carbocycles. The number of ether oxygens (including phenoxy) is 2. The maximum Gasteiger partial charge on any atom is 0.271 e. The van der Waals surface area contributed by atoms with Crippen LogP contribution in [-0.4, -0.2) is 31.7 Å². The Morgan fingerprint density at radius 3 is 2.30 bits per heavy atom. The van der Waals surface area contributed by atoms with E-state index in [0.29, 0.717) is 22.8 Å². The van der Waals surface area contributed by atoms with E-state index in [4.69, 9.17) is 9.47 Å². The molecule has 2 N–H and O–H groups in total. The Morgan fingerprint density at radius 2 is 1.70 bits per heavy atom. The number of amides is 2. The number of nitrogens with one attached hydrogen (secondary N) is 2. The van der Waals surface area contributed by atoms with E-state index >= 15 is 0 Å². The van der Waals surface area contributed by atoms with Gasteiger partial charge in [-0.05, 0) is 31.2 Å². The van der Waals surface area contributed by atoms with E-state index in [-0.39, 0.29) is 12.1 Å². The molecule has 0 aliphatic rings. The summed E-state index contributed by atoms with van der Waals surface area (Å²) in [6.07, 6.45) is -0.101. The first-order valence-electron chi connectivity index (χ1n) is 8.04. The van der Waals surface area contributed by atoms with Gasteiger partial charge in [-0.15, -0.1) is 0 Å². The van der Waals surface area contributed by atoms with Crippen LogP contribution in [0.4, 0.5) is 10.1 Å². The number of carbonyl (C=O) groups excluding carboxylic acids is 2. The van der Waals surface area contributed by atoms with Gasteiger partial charge < -0.3 is 14.8 Å². The molecule has 0 aliphatic heterocycles. The molecule has 0 spiro atoms. The summed E-state index contributed by atoms with van der Waals surface area (Å²) in [6, 6.07) is 10.6. The largest absolute Gasteiger partial charge is 0.497 e. The average molecular weight is 373 g/mol. The maximum atomic E-state index is 13.5. The molecule has 0 radical (unpaired) electrons. The average Bonchev–Trinajstić information content (AvgIpc) is 2.67. The number of halogens is 1. The number of hydrazone groups is 1. The molecule has 2 aromatic carbocycles. The minimum absolute atomic E-state index is 0.0859. The molecule has 0 saturated heterocycles. The summed E-state index contributed by atoms with van der Waals surface area (Å²) >= 11 is 0. The predicted molar refractivity (Wildman–Crippen MR) is 99.8 cm³/mol. The van der Waals surface area contributed by atoms with Crippen molar-refractivity contribution in [2.45, 2.75) is 13.3 Å². The SMILES string of the molecule is COc1cc(OC)cc(C(=O)NN=C(C)CC(=O)Nc2ccccc2F)c1. The third kappa shape index (κ3) is 5.81. The van der Waals surface area contributed by atoms with Gasteiger partial charge in [-0.3, -0.25) is 9.59 Å². The monoisotopic (exact) mass is 373 g/mol. The summed E-state index contributed by atoms with van der Waals surface area (Å²) in [5.74, 6) is -0.533. The van der Waals surface area contributed by atoms with Gasteiger partial charge >= 0.3 is 0 Å². The number of methoxy groups -OCH3 is 2. The number of hydrogen-bond donors (Lipinski definition) is 2. The summed E-state index contributed by atoms with van der Waals surface area (Å²) in [5.41, 5.74) is 3.10. The molecule has 0 aromatic heterocycles. The van der Waals surface area contributed by atoms with Crippen molar-refractivity contribution in [3.05, 3.63) is 53.8 Å². The third-order valence-electron chi connectivity index (χ3n) is 3.53. The van der Waals surface area contributed by atoms with Crippen LogP contribution in [0.25, 0.3) is 0 Å². The van der Waals surface area contributed by atoms with Crippen LogP contribution in [-0.2, 0) is 4.79 Å². The Bertz CT molecular complexity index is 846. The number of carbonyl (C=O) groups is 2. The number of benzene rings is 2. The molecule has 0 bridgehead atoms. The first-order valence-corrected chi connectivity index (χ1v) is 8.04. The van der Waals surface area contributed by atoms with Crippen molar-refractivity contribution in [3.8, 4) is 11.5 Å². The number of anilines is 1. The number of para-hydroxylation sites is 1.